The Bertz CT molecular complexity index is 433. The van der Waals surface area contributed by atoms with Crippen LogP contribution in [0.15, 0.2) is 18.3 Å². The molecule has 1 aliphatic rings. The van der Waals surface area contributed by atoms with Crippen LogP contribution in [0.4, 0.5) is 16.3 Å². The molecule has 1 aromatic heterocycles. The number of urea groups is 1. The van der Waals surface area contributed by atoms with E-state index in [4.69, 9.17) is 0 Å². The Kier molecular flexibility index (Phi) is 4.21. The fourth-order valence-electron chi connectivity index (χ4n) is 2.21. The maximum atomic E-state index is 12.1. The van der Waals surface area contributed by atoms with Crippen molar-refractivity contribution < 1.29 is 9.90 Å². The van der Waals surface area contributed by atoms with Gasteiger partial charge in [-0.3, -0.25) is 0 Å². The highest BCUT2D eigenvalue weighted by Gasteiger charge is 2.27. The minimum absolute atomic E-state index is 0.0191. The van der Waals surface area contributed by atoms with Gasteiger partial charge in [0.1, 0.15) is 5.82 Å². The van der Waals surface area contributed by atoms with Gasteiger partial charge in [0.2, 0.25) is 0 Å². The molecule has 6 heteroatoms. The summed E-state index contributed by atoms with van der Waals surface area (Å²) in [5.74, 6) is 0.840. The van der Waals surface area contributed by atoms with Gasteiger partial charge in [-0.15, -0.1) is 0 Å². The number of amides is 2. The molecule has 0 spiro atoms. The molecule has 6 nitrogen and oxygen atoms in total. The summed E-state index contributed by atoms with van der Waals surface area (Å²) in [6, 6.07) is 3.44. The van der Waals surface area contributed by atoms with Crippen molar-refractivity contribution in [1.82, 2.24) is 9.88 Å². The zero-order valence-electron chi connectivity index (χ0n) is 11.3. The molecule has 104 valence electrons. The number of rotatable bonds is 3. The van der Waals surface area contributed by atoms with Crippen LogP contribution < -0.4 is 10.2 Å². The summed E-state index contributed by atoms with van der Waals surface area (Å²) in [6.07, 6.45) is 3.44. The van der Waals surface area contributed by atoms with Crippen molar-refractivity contribution in [3.8, 4) is 0 Å². The van der Waals surface area contributed by atoms with Gasteiger partial charge in [0.15, 0.2) is 0 Å². The van der Waals surface area contributed by atoms with Crippen LogP contribution in [0.5, 0.6) is 0 Å². The lowest BCUT2D eigenvalue weighted by atomic mass is 10.2. The van der Waals surface area contributed by atoms with Crippen LogP contribution in [0.3, 0.4) is 0 Å². The van der Waals surface area contributed by atoms with Crippen molar-refractivity contribution >= 4 is 17.5 Å². The van der Waals surface area contributed by atoms with E-state index in [1.54, 1.807) is 11.1 Å². The summed E-state index contributed by atoms with van der Waals surface area (Å²) < 4.78 is 0. The van der Waals surface area contributed by atoms with Crippen LogP contribution in [0, 0.1) is 0 Å². The molecule has 0 aromatic carbocycles. The second-order valence-electron chi connectivity index (χ2n) is 4.90. The third-order valence-electron chi connectivity index (χ3n) is 3.31. The second-order valence-corrected chi connectivity index (χ2v) is 4.90. The fourth-order valence-corrected chi connectivity index (χ4v) is 2.21. The first-order chi connectivity index (χ1) is 9.11. The summed E-state index contributed by atoms with van der Waals surface area (Å²) >= 11 is 0. The maximum absolute atomic E-state index is 12.1. The number of aliphatic hydroxyl groups excluding tert-OH is 1. The van der Waals surface area contributed by atoms with Gasteiger partial charge < -0.3 is 20.2 Å². The Morgan fingerprint density at radius 2 is 2.37 bits per heavy atom. The lowest BCUT2D eigenvalue weighted by Gasteiger charge is -2.23. The Morgan fingerprint density at radius 1 is 1.58 bits per heavy atom. The van der Waals surface area contributed by atoms with Gasteiger partial charge in [0, 0.05) is 20.6 Å². The molecule has 1 atom stereocenters. The topological polar surface area (TPSA) is 68.7 Å². The van der Waals surface area contributed by atoms with E-state index < -0.39 is 0 Å². The lowest BCUT2D eigenvalue weighted by Crippen LogP contribution is -2.40. The van der Waals surface area contributed by atoms with Crippen molar-refractivity contribution in [3.05, 3.63) is 18.3 Å². The van der Waals surface area contributed by atoms with E-state index >= 15 is 0 Å². The first-order valence-electron chi connectivity index (χ1n) is 6.43. The van der Waals surface area contributed by atoms with Gasteiger partial charge >= 0.3 is 6.03 Å². The molecule has 0 aliphatic carbocycles. The van der Waals surface area contributed by atoms with Crippen molar-refractivity contribution in [2.45, 2.75) is 18.9 Å². The molecule has 2 amide bonds. The fraction of sp³-hybridized carbons (Fsp3) is 0.538. The molecule has 0 bridgehead atoms. The predicted molar refractivity (Wildman–Crippen MR) is 74.4 cm³/mol. The molecule has 19 heavy (non-hydrogen) atoms. The number of likely N-dealkylation sites (tertiary alicyclic amines) is 1. The zero-order valence-corrected chi connectivity index (χ0v) is 11.3. The first kappa shape index (κ1) is 13.6. The monoisotopic (exact) mass is 264 g/mol. The zero-order chi connectivity index (χ0) is 13.8. The third-order valence-corrected chi connectivity index (χ3v) is 3.31. The van der Waals surface area contributed by atoms with Crippen molar-refractivity contribution in [2.24, 2.45) is 0 Å². The van der Waals surface area contributed by atoms with Crippen LogP contribution in [-0.4, -0.2) is 54.3 Å². The van der Waals surface area contributed by atoms with Gasteiger partial charge in [0.25, 0.3) is 0 Å². The molecule has 2 rings (SSSR count). The van der Waals surface area contributed by atoms with E-state index in [9.17, 15) is 9.90 Å². The predicted octanol–water partition coefficient (Wildman–Crippen LogP) is 1.14. The van der Waals surface area contributed by atoms with E-state index in [0.29, 0.717) is 12.2 Å². The van der Waals surface area contributed by atoms with Crippen LogP contribution >= 0.6 is 0 Å². The van der Waals surface area contributed by atoms with Crippen molar-refractivity contribution in [1.29, 1.82) is 0 Å². The van der Waals surface area contributed by atoms with Crippen LogP contribution in [0.1, 0.15) is 12.8 Å². The van der Waals surface area contributed by atoms with Gasteiger partial charge in [-0.25, -0.2) is 9.78 Å². The number of carbonyl (C=O) groups is 1. The van der Waals surface area contributed by atoms with E-state index in [-0.39, 0.29) is 18.7 Å². The second kappa shape index (κ2) is 5.88. The number of carbonyl (C=O) groups excluding carboxylic acids is 1. The SMILES string of the molecule is CN(C)c1ccc(NC(=O)N2CCCC2CO)cn1. The highest BCUT2D eigenvalue weighted by atomic mass is 16.3. The van der Waals surface area contributed by atoms with Gasteiger partial charge in [-0.1, -0.05) is 0 Å². The molecule has 1 saturated heterocycles. The smallest absolute Gasteiger partial charge is 0.322 e. The Hall–Kier alpha value is -1.82. The summed E-state index contributed by atoms with van der Waals surface area (Å²) in [7, 11) is 3.83. The first-order valence-corrected chi connectivity index (χ1v) is 6.43. The number of aliphatic hydroxyl groups is 1. The number of hydrogen-bond donors (Lipinski definition) is 2. The summed E-state index contributed by atoms with van der Waals surface area (Å²) in [6.45, 7) is 0.714. The minimum Gasteiger partial charge on any atom is -0.394 e. The quantitative estimate of drug-likeness (QED) is 0.859. The molecule has 1 aromatic rings. The molecule has 2 heterocycles. The largest absolute Gasteiger partial charge is 0.394 e. The van der Waals surface area contributed by atoms with Crippen LogP contribution in [0.2, 0.25) is 0 Å². The van der Waals surface area contributed by atoms with E-state index in [0.717, 1.165) is 18.7 Å². The Morgan fingerprint density at radius 3 is 2.95 bits per heavy atom. The lowest BCUT2D eigenvalue weighted by molar-refractivity contribution is 0.166. The normalized spacial score (nSPS) is 18.5. The molecule has 0 radical (unpaired) electrons. The maximum Gasteiger partial charge on any atom is 0.322 e. The Balaban J connectivity index is 1.98. The van der Waals surface area contributed by atoms with Crippen molar-refractivity contribution in [3.63, 3.8) is 0 Å². The summed E-state index contributed by atoms with van der Waals surface area (Å²) in [5, 5.41) is 12.0. The average Bonchev–Trinajstić information content (AvgIpc) is 2.87. The average molecular weight is 264 g/mol. The molecule has 1 fully saturated rings. The van der Waals surface area contributed by atoms with Gasteiger partial charge in [0.05, 0.1) is 24.5 Å². The van der Waals surface area contributed by atoms with Crippen LogP contribution in [0.25, 0.3) is 0 Å². The number of nitrogens with one attached hydrogen (secondary N) is 1. The van der Waals surface area contributed by atoms with E-state index in [1.165, 1.54) is 0 Å². The number of pyridine rings is 1. The number of aromatic nitrogens is 1. The number of hydrogen-bond acceptors (Lipinski definition) is 4. The number of anilines is 2. The molecular weight excluding hydrogens is 244 g/mol. The summed E-state index contributed by atoms with van der Waals surface area (Å²) in [4.78, 5) is 19.9. The Labute approximate surface area is 113 Å². The molecule has 2 N–H and O–H groups in total. The van der Waals surface area contributed by atoms with Crippen LogP contribution in [-0.2, 0) is 0 Å². The highest BCUT2D eigenvalue weighted by molar-refractivity contribution is 5.89. The van der Waals surface area contributed by atoms with Gasteiger partial charge in [-0.2, -0.15) is 0 Å². The standard InChI is InChI=1S/C13H20N4O2/c1-16(2)12-6-5-10(8-14-12)15-13(19)17-7-3-4-11(17)9-18/h5-6,8,11,18H,3-4,7,9H2,1-2H3,(H,15,19). The third kappa shape index (κ3) is 3.14. The highest BCUT2D eigenvalue weighted by Crippen LogP contribution is 2.19. The molecule has 1 aliphatic heterocycles. The van der Waals surface area contributed by atoms with Gasteiger partial charge in [-0.05, 0) is 25.0 Å². The summed E-state index contributed by atoms with van der Waals surface area (Å²) in [5.41, 5.74) is 0.666. The van der Waals surface area contributed by atoms with E-state index in [2.05, 4.69) is 10.3 Å². The molecule has 0 saturated carbocycles. The van der Waals surface area contributed by atoms with E-state index in [1.807, 2.05) is 31.1 Å². The van der Waals surface area contributed by atoms with Crippen molar-refractivity contribution in [2.75, 3.05) is 37.5 Å². The number of nitrogens with zero attached hydrogens (tertiary/aromatic N) is 3. The molecule has 1 unspecified atom stereocenters. The minimum atomic E-state index is -0.170. The molecular formula is C13H20N4O2.